The Kier molecular flexibility index (Phi) is 2.72. The Hall–Kier alpha value is -0.270. The number of alkyl halides is 2. The second-order valence-electron chi connectivity index (χ2n) is 3.45. The zero-order valence-corrected chi connectivity index (χ0v) is 9.50. The largest absolute Gasteiger partial charge is 0.416 e. The fourth-order valence-electron chi connectivity index (χ4n) is 1.76. The van der Waals surface area contributed by atoms with E-state index in [9.17, 15) is 8.78 Å². The summed E-state index contributed by atoms with van der Waals surface area (Å²) in [5.41, 5.74) is 0. The first-order chi connectivity index (χ1) is 6.59. The highest BCUT2D eigenvalue weighted by Crippen LogP contribution is 2.44. The van der Waals surface area contributed by atoms with Gasteiger partial charge in [-0.25, -0.2) is 8.78 Å². The Balaban J connectivity index is 2.23. The topological polar surface area (TPSA) is 38.9 Å². The fraction of sp³-hybridized carbons (Fsp3) is 0.750. The highest BCUT2D eigenvalue weighted by atomic mass is 127. The van der Waals surface area contributed by atoms with Crippen LogP contribution in [0, 0.1) is 3.90 Å². The zero-order chi connectivity index (χ0) is 10.2. The quantitative estimate of drug-likeness (QED) is 0.748. The molecule has 1 aromatic heterocycles. The van der Waals surface area contributed by atoms with Crippen LogP contribution in [-0.2, 0) is 0 Å². The molecule has 0 aliphatic heterocycles. The van der Waals surface area contributed by atoms with E-state index in [2.05, 4.69) is 10.2 Å². The molecule has 14 heavy (non-hydrogen) atoms. The van der Waals surface area contributed by atoms with Gasteiger partial charge in [0, 0.05) is 29.0 Å². The highest BCUT2D eigenvalue weighted by Gasteiger charge is 2.45. The van der Waals surface area contributed by atoms with E-state index in [1.807, 2.05) is 22.6 Å². The molecular formula is C8H9F2IN2O. The SMILES string of the molecule is FC1(F)CCCCC1c1nnc(I)o1. The second kappa shape index (κ2) is 3.71. The summed E-state index contributed by atoms with van der Waals surface area (Å²) >= 11 is 1.82. The molecule has 1 aromatic rings. The van der Waals surface area contributed by atoms with Gasteiger partial charge in [-0.05, 0) is 12.8 Å². The van der Waals surface area contributed by atoms with Gasteiger partial charge in [0.25, 0.3) is 9.82 Å². The first-order valence-corrected chi connectivity index (χ1v) is 5.54. The van der Waals surface area contributed by atoms with Crippen LogP contribution in [0.2, 0.25) is 0 Å². The molecular weight excluding hydrogens is 305 g/mol. The maximum Gasteiger partial charge on any atom is 0.278 e. The van der Waals surface area contributed by atoms with E-state index < -0.39 is 11.8 Å². The number of halogens is 3. The first-order valence-electron chi connectivity index (χ1n) is 4.46. The fourth-order valence-corrected chi connectivity index (χ4v) is 2.09. The van der Waals surface area contributed by atoms with Crippen molar-refractivity contribution >= 4 is 22.6 Å². The standard InChI is InChI=1S/C8H9F2IN2O/c9-8(10)4-2-1-3-5(8)6-12-13-7(11)14-6/h5H,1-4H2. The van der Waals surface area contributed by atoms with Crippen molar-refractivity contribution in [3.05, 3.63) is 9.79 Å². The molecule has 0 saturated heterocycles. The lowest BCUT2D eigenvalue weighted by Crippen LogP contribution is -2.30. The lowest BCUT2D eigenvalue weighted by atomic mass is 9.85. The van der Waals surface area contributed by atoms with Gasteiger partial charge in [0.1, 0.15) is 5.92 Å². The lowest BCUT2D eigenvalue weighted by Gasteiger charge is -2.28. The first kappa shape index (κ1) is 10.3. The maximum atomic E-state index is 13.4. The van der Waals surface area contributed by atoms with E-state index in [0.717, 1.165) is 6.42 Å². The molecule has 0 bridgehead atoms. The molecule has 1 saturated carbocycles. The van der Waals surface area contributed by atoms with Gasteiger partial charge in [-0.15, -0.1) is 10.2 Å². The van der Waals surface area contributed by atoms with Gasteiger partial charge in [-0.2, -0.15) is 0 Å². The van der Waals surface area contributed by atoms with Crippen LogP contribution in [0.15, 0.2) is 4.42 Å². The summed E-state index contributed by atoms with van der Waals surface area (Å²) in [6.45, 7) is 0. The zero-order valence-electron chi connectivity index (χ0n) is 7.34. The third kappa shape index (κ3) is 1.89. The van der Waals surface area contributed by atoms with Crippen LogP contribution in [0.3, 0.4) is 0 Å². The molecule has 0 aromatic carbocycles. The Morgan fingerprint density at radius 1 is 1.36 bits per heavy atom. The minimum atomic E-state index is -2.69. The van der Waals surface area contributed by atoms with Gasteiger partial charge >= 0.3 is 0 Å². The van der Waals surface area contributed by atoms with Gasteiger partial charge in [0.15, 0.2) is 0 Å². The number of rotatable bonds is 1. The van der Waals surface area contributed by atoms with Gasteiger partial charge in [0.2, 0.25) is 5.89 Å². The molecule has 1 aliphatic rings. The van der Waals surface area contributed by atoms with Crippen molar-refractivity contribution in [2.75, 3.05) is 0 Å². The van der Waals surface area contributed by atoms with Crippen LogP contribution >= 0.6 is 22.6 Å². The van der Waals surface area contributed by atoms with Gasteiger partial charge in [-0.3, -0.25) is 0 Å². The Morgan fingerprint density at radius 2 is 2.14 bits per heavy atom. The third-order valence-corrected chi connectivity index (χ3v) is 2.91. The van der Waals surface area contributed by atoms with E-state index in [4.69, 9.17) is 4.42 Å². The monoisotopic (exact) mass is 314 g/mol. The Morgan fingerprint density at radius 3 is 2.71 bits per heavy atom. The van der Waals surface area contributed by atoms with Crippen molar-refractivity contribution in [3.63, 3.8) is 0 Å². The van der Waals surface area contributed by atoms with Crippen LogP contribution in [0.5, 0.6) is 0 Å². The van der Waals surface area contributed by atoms with Crippen molar-refractivity contribution < 1.29 is 13.2 Å². The van der Waals surface area contributed by atoms with Crippen LogP contribution in [-0.4, -0.2) is 16.1 Å². The molecule has 6 heteroatoms. The average molecular weight is 314 g/mol. The summed E-state index contributed by atoms with van der Waals surface area (Å²) < 4.78 is 32.2. The molecule has 1 heterocycles. The summed E-state index contributed by atoms with van der Waals surface area (Å²) in [5.74, 6) is -3.49. The predicted octanol–water partition coefficient (Wildman–Crippen LogP) is 2.97. The number of hydrogen-bond donors (Lipinski definition) is 0. The molecule has 1 aliphatic carbocycles. The van der Waals surface area contributed by atoms with Crippen LogP contribution < -0.4 is 0 Å². The minimum absolute atomic E-state index is 0.0728. The average Bonchev–Trinajstić information content (AvgIpc) is 2.51. The molecule has 0 spiro atoms. The van der Waals surface area contributed by atoms with E-state index in [-0.39, 0.29) is 12.3 Å². The van der Waals surface area contributed by atoms with Crippen molar-refractivity contribution in [1.82, 2.24) is 10.2 Å². The van der Waals surface area contributed by atoms with E-state index in [1.54, 1.807) is 0 Å². The third-order valence-electron chi connectivity index (χ3n) is 2.48. The van der Waals surface area contributed by atoms with Crippen molar-refractivity contribution in [2.45, 2.75) is 37.5 Å². The summed E-state index contributed by atoms with van der Waals surface area (Å²) in [6.07, 6.45) is 1.75. The molecule has 0 amide bonds. The number of hydrogen-bond acceptors (Lipinski definition) is 3. The van der Waals surface area contributed by atoms with Crippen molar-refractivity contribution in [1.29, 1.82) is 0 Å². The second-order valence-corrected chi connectivity index (χ2v) is 4.38. The van der Waals surface area contributed by atoms with Crippen molar-refractivity contribution in [3.8, 4) is 0 Å². The van der Waals surface area contributed by atoms with E-state index in [1.165, 1.54) is 0 Å². The minimum Gasteiger partial charge on any atom is -0.416 e. The van der Waals surface area contributed by atoms with Gasteiger partial charge in [0.05, 0.1) is 0 Å². The Bertz CT molecular complexity index is 329. The summed E-state index contributed by atoms with van der Waals surface area (Å²) in [7, 11) is 0. The van der Waals surface area contributed by atoms with Crippen LogP contribution in [0.25, 0.3) is 0 Å². The van der Waals surface area contributed by atoms with E-state index >= 15 is 0 Å². The smallest absolute Gasteiger partial charge is 0.278 e. The molecule has 3 nitrogen and oxygen atoms in total. The van der Waals surface area contributed by atoms with E-state index in [0.29, 0.717) is 16.7 Å². The van der Waals surface area contributed by atoms with Gasteiger partial charge in [-0.1, -0.05) is 6.42 Å². The van der Waals surface area contributed by atoms with Crippen LogP contribution in [0.1, 0.15) is 37.5 Å². The molecule has 0 radical (unpaired) electrons. The Labute approximate surface area is 93.4 Å². The molecule has 2 rings (SSSR count). The molecule has 0 N–H and O–H groups in total. The molecule has 1 fully saturated rings. The van der Waals surface area contributed by atoms with Crippen molar-refractivity contribution in [2.24, 2.45) is 0 Å². The number of nitrogens with zero attached hydrogens (tertiary/aromatic N) is 2. The molecule has 1 atom stereocenters. The van der Waals surface area contributed by atoms with Crippen LogP contribution in [0.4, 0.5) is 8.78 Å². The number of aromatic nitrogens is 2. The highest BCUT2D eigenvalue weighted by molar-refractivity contribution is 14.1. The summed E-state index contributed by atoms with van der Waals surface area (Å²) in [4.78, 5) is 0. The lowest BCUT2D eigenvalue weighted by molar-refractivity contribution is -0.0620. The normalized spacial score (nSPS) is 26.4. The summed E-state index contributed by atoms with van der Waals surface area (Å²) in [6, 6.07) is 0. The van der Waals surface area contributed by atoms with Gasteiger partial charge < -0.3 is 4.42 Å². The molecule has 78 valence electrons. The summed E-state index contributed by atoms with van der Waals surface area (Å²) in [5, 5.41) is 7.22. The predicted molar refractivity (Wildman–Crippen MR) is 53.2 cm³/mol. The molecule has 1 unspecified atom stereocenters. The maximum absolute atomic E-state index is 13.4.